The molecule has 0 aromatic carbocycles. The average Bonchev–Trinajstić information content (AvgIpc) is 2.11. The van der Waals surface area contributed by atoms with Gasteiger partial charge in [-0.25, -0.2) is 9.97 Å². The average molecular weight is 233 g/mol. The number of anilines is 2. The van der Waals surface area contributed by atoms with Crippen LogP contribution in [-0.4, -0.2) is 32.6 Å². The van der Waals surface area contributed by atoms with Crippen LogP contribution in [0.2, 0.25) is 5.15 Å². The highest BCUT2D eigenvalue weighted by atomic mass is 35.5. The van der Waals surface area contributed by atoms with E-state index in [0.29, 0.717) is 0 Å². The molecule has 4 N–H and O–H groups in total. The second-order valence-corrected chi connectivity index (χ2v) is 3.43. The zero-order valence-electron chi connectivity index (χ0n) is 8.42. The minimum Gasteiger partial charge on any atom is -0.393 e. The Hall–Kier alpha value is -1.11. The Morgan fingerprint density at radius 2 is 1.87 bits per heavy atom. The van der Waals surface area contributed by atoms with Crippen LogP contribution >= 0.6 is 11.6 Å². The number of aliphatic hydroxyl groups is 2. The summed E-state index contributed by atoms with van der Waals surface area (Å²) in [7, 11) is 0. The lowest BCUT2D eigenvalue weighted by atomic mass is 10.3. The fourth-order valence-corrected chi connectivity index (χ4v) is 1.37. The van der Waals surface area contributed by atoms with E-state index < -0.39 is 12.5 Å². The Kier molecular flexibility index (Phi) is 3.67. The maximum atomic E-state index is 9.46. The van der Waals surface area contributed by atoms with Crippen molar-refractivity contribution in [3.63, 3.8) is 0 Å². The van der Waals surface area contributed by atoms with Crippen molar-refractivity contribution >= 4 is 23.1 Å². The SMILES string of the molecule is CC(O)N(c1ncnc(Cl)c1N)C(C)O. The highest BCUT2D eigenvalue weighted by molar-refractivity contribution is 6.32. The summed E-state index contributed by atoms with van der Waals surface area (Å²) in [6.45, 7) is 2.98. The first kappa shape index (κ1) is 12.0. The number of aliphatic hydroxyl groups excluding tert-OH is 2. The molecule has 2 unspecified atom stereocenters. The first-order valence-corrected chi connectivity index (χ1v) is 4.73. The topological polar surface area (TPSA) is 95.5 Å². The first-order chi connectivity index (χ1) is 6.95. The van der Waals surface area contributed by atoms with Gasteiger partial charge in [0.2, 0.25) is 0 Å². The summed E-state index contributed by atoms with van der Waals surface area (Å²) in [6.07, 6.45) is -0.650. The Morgan fingerprint density at radius 1 is 1.33 bits per heavy atom. The van der Waals surface area contributed by atoms with Gasteiger partial charge in [-0.2, -0.15) is 0 Å². The number of nitrogens with two attached hydrogens (primary N) is 1. The molecule has 0 aliphatic carbocycles. The fraction of sp³-hybridized carbons (Fsp3) is 0.500. The number of nitrogen functional groups attached to an aromatic ring is 1. The normalized spacial score (nSPS) is 14.7. The van der Waals surface area contributed by atoms with Crippen molar-refractivity contribution in [2.75, 3.05) is 10.6 Å². The molecule has 0 fully saturated rings. The molecule has 0 bridgehead atoms. The van der Waals surface area contributed by atoms with E-state index >= 15 is 0 Å². The summed E-state index contributed by atoms with van der Waals surface area (Å²) in [6, 6.07) is 0. The molecule has 0 spiro atoms. The largest absolute Gasteiger partial charge is 0.393 e. The van der Waals surface area contributed by atoms with Crippen LogP contribution in [0.5, 0.6) is 0 Å². The quantitative estimate of drug-likeness (QED) is 0.509. The van der Waals surface area contributed by atoms with Crippen molar-refractivity contribution in [3.05, 3.63) is 11.5 Å². The summed E-state index contributed by atoms with van der Waals surface area (Å²) in [5.41, 5.74) is 5.76. The number of rotatable bonds is 3. The second-order valence-electron chi connectivity index (χ2n) is 3.07. The molecule has 6 nitrogen and oxygen atoms in total. The van der Waals surface area contributed by atoms with Gasteiger partial charge in [0.25, 0.3) is 0 Å². The number of nitrogens with zero attached hydrogens (tertiary/aromatic N) is 3. The molecule has 0 saturated heterocycles. The van der Waals surface area contributed by atoms with Crippen molar-refractivity contribution in [2.24, 2.45) is 0 Å². The minimum absolute atomic E-state index is 0.0892. The molecule has 2 atom stereocenters. The molecule has 0 saturated carbocycles. The predicted molar refractivity (Wildman–Crippen MR) is 57.3 cm³/mol. The highest BCUT2D eigenvalue weighted by Gasteiger charge is 2.21. The van der Waals surface area contributed by atoms with Crippen LogP contribution in [0.3, 0.4) is 0 Å². The van der Waals surface area contributed by atoms with E-state index in [2.05, 4.69) is 9.97 Å². The van der Waals surface area contributed by atoms with Crippen LogP contribution in [0.15, 0.2) is 6.33 Å². The second kappa shape index (κ2) is 4.61. The molecule has 1 aromatic heterocycles. The molecular weight excluding hydrogens is 220 g/mol. The molecule has 15 heavy (non-hydrogen) atoms. The van der Waals surface area contributed by atoms with E-state index in [1.165, 1.54) is 25.1 Å². The first-order valence-electron chi connectivity index (χ1n) is 4.35. The summed E-state index contributed by atoms with van der Waals surface area (Å²) < 4.78 is 0. The van der Waals surface area contributed by atoms with E-state index in [9.17, 15) is 10.2 Å². The maximum absolute atomic E-state index is 9.46. The standard InChI is InChI=1S/C8H13ClN4O2/c1-4(14)13(5(2)15)8-6(10)7(9)11-3-12-8/h3-5,14-15H,10H2,1-2H3. The van der Waals surface area contributed by atoms with Gasteiger partial charge < -0.3 is 20.8 Å². The number of hydrogen-bond donors (Lipinski definition) is 3. The van der Waals surface area contributed by atoms with E-state index in [4.69, 9.17) is 17.3 Å². The van der Waals surface area contributed by atoms with Crippen molar-refractivity contribution < 1.29 is 10.2 Å². The predicted octanol–water partition coefficient (Wildman–Crippen LogP) is 0.195. The lowest BCUT2D eigenvalue weighted by Gasteiger charge is -2.30. The van der Waals surface area contributed by atoms with Crippen molar-refractivity contribution in [2.45, 2.75) is 26.3 Å². The zero-order chi connectivity index (χ0) is 11.6. The zero-order valence-corrected chi connectivity index (χ0v) is 9.18. The van der Waals surface area contributed by atoms with Gasteiger partial charge in [0, 0.05) is 0 Å². The van der Waals surface area contributed by atoms with Crippen LogP contribution in [0.1, 0.15) is 13.8 Å². The Morgan fingerprint density at radius 3 is 2.33 bits per heavy atom. The molecule has 0 aliphatic heterocycles. The summed E-state index contributed by atoms with van der Waals surface area (Å²) in [4.78, 5) is 8.77. The van der Waals surface area contributed by atoms with E-state index in [0.717, 1.165) is 0 Å². The Balaban J connectivity index is 3.17. The van der Waals surface area contributed by atoms with Crippen LogP contribution in [0, 0.1) is 0 Å². The molecular formula is C8H13ClN4O2. The fourth-order valence-electron chi connectivity index (χ4n) is 1.24. The summed E-state index contributed by atoms with van der Waals surface area (Å²) in [5, 5.41) is 19.0. The Bertz CT molecular complexity index is 337. The van der Waals surface area contributed by atoms with Gasteiger partial charge in [0.1, 0.15) is 24.5 Å². The van der Waals surface area contributed by atoms with E-state index in [-0.39, 0.29) is 16.7 Å². The van der Waals surface area contributed by atoms with Gasteiger partial charge >= 0.3 is 0 Å². The van der Waals surface area contributed by atoms with Crippen molar-refractivity contribution in [1.29, 1.82) is 0 Å². The highest BCUT2D eigenvalue weighted by Crippen LogP contribution is 2.27. The van der Waals surface area contributed by atoms with Gasteiger partial charge in [-0.1, -0.05) is 11.6 Å². The van der Waals surface area contributed by atoms with Crippen molar-refractivity contribution in [3.8, 4) is 0 Å². The Labute approximate surface area is 92.3 Å². The van der Waals surface area contributed by atoms with Crippen LogP contribution in [0.25, 0.3) is 0 Å². The van der Waals surface area contributed by atoms with Crippen molar-refractivity contribution in [1.82, 2.24) is 9.97 Å². The molecule has 1 rings (SSSR count). The molecule has 1 aromatic rings. The van der Waals surface area contributed by atoms with Gasteiger partial charge in [-0.15, -0.1) is 0 Å². The molecule has 1 heterocycles. The van der Waals surface area contributed by atoms with Gasteiger partial charge in [0.05, 0.1) is 0 Å². The third-order valence-electron chi connectivity index (χ3n) is 1.86. The van der Waals surface area contributed by atoms with Gasteiger partial charge in [0.15, 0.2) is 11.0 Å². The van der Waals surface area contributed by atoms with E-state index in [1.54, 1.807) is 0 Å². The smallest absolute Gasteiger partial charge is 0.160 e. The molecule has 7 heteroatoms. The van der Waals surface area contributed by atoms with E-state index in [1.807, 2.05) is 0 Å². The summed E-state index contributed by atoms with van der Waals surface area (Å²) >= 11 is 5.70. The van der Waals surface area contributed by atoms with Crippen LogP contribution in [0.4, 0.5) is 11.5 Å². The molecule has 0 amide bonds. The lowest BCUT2D eigenvalue weighted by Crippen LogP contribution is -2.41. The molecule has 0 aliphatic rings. The number of aromatic nitrogens is 2. The van der Waals surface area contributed by atoms with Gasteiger partial charge in [-0.3, -0.25) is 0 Å². The van der Waals surface area contributed by atoms with Gasteiger partial charge in [-0.05, 0) is 13.8 Å². The minimum atomic E-state index is -0.932. The van der Waals surface area contributed by atoms with Crippen LogP contribution in [-0.2, 0) is 0 Å². The lowest BCUT2D eigenvalue weighted by molar-refractivity contribution is 0.104. The number of hydrogen-bond acceptors (Lipinski definition) is 6. The molecule has 0 radical (unpaired) electrons. The third-order valence-corrected chi connectivity index (χ3v) is 2.17. The summed E-state index contributed by atoms with van der Waals surface area (Å²) in [5.74, 6) is 0.208. The third kappa shape index (κ3) is 2.47. The maximum Gasteiger partial charge on any atom is 0.160 e. The monoisotopic (exact) mass is 232 g/mol. The van der Waals surface area contributed by atoms with Crippen LogP contribution < -0.4 is 10.6 Å². The molecule has 84 valence electrons. The number of halogens is 1.